The van der Waals surface area contributed by atoms with Crippen LogP contribution in [0.15, 0.2) is 36.5 Å². The van der Waals surface area contributed by atoms with E-state index >= 15 is 0 Å². The monoisotopic (exact) mass is 286 g/mol. The van der Waals surface area contributed by atoms with Crippen molar-refractivity contribution in [1.29, 1.82) is 0 Å². The maximum Gasteiger partial charge on any atom is 0.224 e. The number of carbonyl (C=O) groups excluding carboxylic acids is 1. The Morgan fingerprint density at radius 1 is 1.33 bits per heavy atom. The van der Waals surface area contributed by atoms with Gasteiger partial charge in [0.05, 0.1) is 6.10 Å². The number of fused-ring (bicyclic) bond motifs is 1. The summed E-state index contributed by atoms with van der Waals surface area (Å²) in [5.41, 5.74) is 1.16. The normalized spacial score (nSPS) is 22.7. The zero-order valence-electron chi connectivity index (χ0n) is 12.4. The molecule has 21 heavy (non-hydrogen) atoms. The number of likely N-dealkylation sites (tertiary alicyclic amines) is 1. The molecule has 1 fully saturated rings. The predicted octanol–water partition coefficient (Wildman–Crippen LogP) is 2.26. The van der Waals surface area contributed by atoms with Crippen LogP contribution < -0.4 is 0 Å². The Labute approximate surface area is 125 Å². The number of amides is 1. The number of aliphatic hydroxyl groups excluding tert-OH is 1. The summed E-state index contributed by atoms with van der Waals surface area (Å²) in [7, 11) is 0. The molecule has 1 amide bonds. The number of β-amino-alcohol motifs (C(OH)–C–C–N with tert-alkyl or cyclic N) is 1. The average molecular weight is 286 g/mol. The second-order valence-electron chi connectivity index (χ2n) is 5.99. The van der Waals surface area contributed by atoms with Crippen molar-refractivity contribution in [2.75, 3.05) is 13.1 Å². The van der Waals surface area contributed by atoms with Gasteiger partial charge in [-0.25, -0.2) is 0 Å². The zero-order valence-corrected chi connectivity index (χ0v) is 12.4. The second kappa shape index (κ2) is 5.90. The molecule has 2 heterocycles. The van der Waals surface area contributed by atoms with E-state index in [0.29, 0.717) is 25.4 Å². The molecule has 4 heteroatoms. The number of hydrogen-bond donors (Lipinski definition) is 1. The first-order valence-corrected chi connectivity index (χ1v) is 7.65. The number of nitrogens with zero attached hydrogens (tertiary/aromatic N) is 2. The van der Waals surface area contributed by atoms with Crippen LogP contribution in [0, 0.1) is 5.92 Å². The van der Waals surface area contributed by atoms with Crippen molar-refractivity contribution < 1.29 is 9.90 Å². The van der Waals surface area contributed by atoms with Crippen molar-refractivity contribution >= 4 is 16.8 Å². The smallest absolute Gasteiger partial charge is 0.224 e. The number of hydrogen-bond acceptors (Lipinski definition) is 2. The molecular formula is C17H22N2O2. The minimum Gasteiger partial charge on any atom is -0.391 e. The van der Waals surface area contributed by atoms with E-state index in [1.165, 1.54) is 5.39 Å². The maximum absolute atomic E-state index is 12.3. The van der Waals surface area contributed by atoms with Crippen molar-refractivity contribution in [3.63, 3.8) is 0 Å². The maximum atomic E-state index is 12.3. The standard InChI is InChI=1S/C17H22N2O2/c1-13-6-9-19(12-16(13)20)17(21)8-11-18-10-7-14-4-2-3-5-15(14)18/h2-5,7,10,13,16,20H,6,8-9,11-12H2,1H3. The summed E-state index contributed by atoms with van der Waals surface area (Å²) < 4.78 is 2.12. The number of aryl methyl sites for hydroxylation is 1. The Morgan fingerprint density at radius 2 is 2.14 bits per heavy atom. The highest BCUT2D eigenvalue weighted by molar-refractivity contribution is 5.80. The lowest BCUT2D eigenvalue weighted by atomic mass is 9.96. The van der Waals surface area contributed by atoms with Gasteiger partial charge < -0.3 is 14.6 Å². The second-order valence-corrected chi connectivity index (χ2v) is 5.99. The van der Waals surface area contributed by atoms with Crippen molar-refractivity contribution in [1.82, 2.24) is 9.47 Å². The van der Waals surface area contributed by atoms with E-state index in [4.69, 9.17) is 0 Å². The van der Waals surface area contributed by atoms with Gasteiger partial charge in [0.2, 0.25) is 5.91 Å². The molecular weight excluding hydrogens is 264 g/mol. The van der Waals surface area contributed by atoms with Gasteiger partial charge in [-0.15, -0.1) is 0 Å². The summed E-state index contributed by atoms with van der Waals surface area (Å²) in [5.74, 6) is 0.432. The predicted molar refractivity (Wildman–Crippen MR) is 82.9 cm³/mol. The lowest BCUT2D eigenvalue weighted by Crippen LogP contribution is -2.46. The van der Waals surface area contributed by atoms with Crippen molar-refractivity contribution in [3.8, 4) is 0 Å². The zero-order chi connectivity index (χ0) is 14.8. The third-order valence-corrected chi connectivity index (χ3v) is 4.52. The molecule has 3 rings (SSSR count). The van der Waals surface area contributed by atoms with Gasteiger partial charge in [-0.1, -0.05) is 25.1 Å². The van der Waals surface area contributed by atoms with Gasteiger partial charge in [0.25, 0.3) is 0 Å². The van der Waals surface area contributed by atoms with E-state index in [1.54, 1.807) is 4.90 Å². The lowest BCUT2D eigenvalue weighted by Gasteiger charge is -2.34. The Bertz CT molecular complexity index is 635. The number of piperidine rings is 1. The number of carbonyl (C=O) groups is 1. The Kier molecular flexibility index (Phi) is 3.97. The fourth-order valence-electron chi connectivity index (χ4n) is 2.99. The summed E-state index contributed by atoms with van der Waals surface area (Å²) in [5, 5.41) is 11.1. The molecule has 1 N–H and O–H groups in total. The molecule has 1 aliphatic heterocycles. The van der Waals surface area contributed by atoms with E-state index < -0.39 is 0 Å². The lowest BCUT2D eigenvalue weighted by molar-refractivity contribution is -0.135. The molecule has 0 spiro atoms. The third kappa shape index (κ3) is 2.95. The van der Waals surface area contributed by atoms with Crippen molar-refractivity contribution in [3.05, 3.63) is 36.5 Å². The van der Waals surface area contributed by atoms with E-state index in [9.17, 15) is 9.90 Å². The van der Waals surface area contributed by atoms with E-state index in [-0.39, 0.29) is 12.0 Å². The van der Waals surface area contributed by atoms with Crippen LogP contribution in [0.25, 0.3) is 10.9 Å². The van der Waals surface area contributed by atoms with E-state index in [1.807, 2.05) is 25.3 Å². The van der Waals surface area contributed by atoms with Gasteiger partial charge in [-0.2, -0.15) is 0 Å². The molecule has 4 nitrogen and oxygen atoms in total. The fourth-order valence-corrected chi connectivity index (χ4v) is 2.99. The van der Waals surface area contributed by atoms with Crippen LogP contribution >= 0.6 is 0 Å². The third-order valence-electron chi connectivity index (χ3n) is 4.52. The Balaban J connectivity index is 1.61. The van der Waals surface area contributed by atoms with Crippen LogP contribution in [0.3, 0.4) is 0 Å². The van der Waals surface area contributed by atoms with Gasteiger partial charge in [0.15, 0.2) is 0 Å². The quantitative estimate of drug-likeness (QED) is 0.940. The summed E-state index contributed by atoms with van der Waals surface area (Å²) in [4.78, 5) is 14.1. The van der Waals surface area contributed by atoms with Gasteiger partial charge >= 0.3 is 0 Å². The SMILES string of the molecule is CC1CCN(C(=O)CCn2ccc3ccccc32)CC1O. The largest absolute Gasteiger partial charge is 0.391 e. The van der Waals surface area contributed by atoms with Gasteiger partial charge in [-0.3, -0.25) is 4.79 Å². The van der Waals surface area contributed by atoms with Crippen LogP contribution in [0.5, 0.6) is 0 Å². The first-order valence-electron chi connectivity index (χ1n) is 7.65. The van der Waals surface area contributed by atoms with Crippen LogP contribution in [0.2, 0.25) is 0 Å². The molecule has 2 aromatic rings. The minimum atomic E-state index is -0.380. The van der Waals surface area contributed by atoms with Gasteiger partial charge in [0, 0.05) is 37.8 Å². The molecule has 0 radical (unpaired) electrons. The molecule has 0 aliphatic carbocycles. The molecule has 1 aromatic heterocycles. The Hall–Kier alpha value is -1.81. The molecule has 1 saturated heterocycles. The van der Waals surface area contributed by atoms with Crippen molar-refractivity contribution in [2.24, 2.45) is 5.92 Å². The minimum absolute atomic E-state index is 0.138. The number of para-hydroxylation sites is 1. The molecule has 1 aliphatic rings. The molecule has 2 unspecified atom stereocenters. The summed E-state index contributed by atoms with van der Waals surface area (Å²) in [6.07, 6.45) is 3.03. The number of aliphatic hydroxyl groups is 1. The van der Waals surface area contributed by atoms with Crippen LogP contribution in [-0.2, 0) is 11.3 Å². The highest BCUT2D eigenvalue weighted by atomic mass is 16.3. The average Bonchev–Trinajstić information content (AvgIpc) is 2.91. The molecule has 0 bridgehead atoms. The van der Waals surface area contributed by atoms with E-state index in [2.05, 4.69) is 22.8 Å². The summed E-state index contributed by atoms with van der Waals surface area (Å²) in [6.45, 7) is 3.98. The molecule has 2 atom stereocenters. The van der Waals surface area contributed by atoms with E-state index in [0.717, 1.165) is 18.5 Å². The molecule has 1 aromatic carbocycles. The Morgan fingerprint density at radius 3 is 2.95 bits per heavy atom. The summed E-state index contributed by atoms with van der Waals surface area (Å²) in [6, 6.07) is 10.3. The van der Waals surface area contributed by atoms with Crippen LogP contribution in [0.1, 0.15) is 19.8 Å². The van der Waals surface area contributed by atoms with Crippen LogP contribution in [0.4, 0.5) is 0 Å². The number of rotatable bonds is 3. The number of aromatic nitrogens is 1. The molecule has 112 valence electrons. The van der Waals surface area contributed by atoms with Gasteiger partial charge in [-0.05, 0) is 29.9 Å². The van der Waals surface area contributed by atoms with Crippen LogP contribution in [-0.4, -0.2) is 39.7 Å². The summed E-state index contributed by atoms with van der Waals surface area (Å²) >= 11 is 0. The topological polar surface area (TPSA) is 45.5 Å². The fraction of sp³-hybridized carbons (Fsp3) is 0.471. The molecule has 0 saturated carbocycles. The van der Waals surface area contributed by atoms with Gasteiger partial charge in [0.1, 0.15) is 0 Å². The first-order chi connectivity index (χ1) is 10.1. The number of benzene rings is 1. The highest BCUT2D eigenvalue weighted by Gasteiger charge is 2.26. The van der Waals surface area contributed by atoms with Crippen molar-refractivity contribution in [2.45, 2.75) is 32.4 Å². The first kappa shape index (κ1) is 14.1. The highest BCUT2D eigenvalue weighted by Crippen LogP contribution is 2.19.